The Morgan fingerprint density at radius 2 is 2.31 bits per heavy atom. The van der Waals surface area contributed by atoms with Crippen molar-refractivity contribution in [2.45, 2.75) is 25.3 Å². The van der Waals surface area contributed by atoms with Crippen LogP contribution in [0, 0.1) is 5.82 Å². The minimum Gasteiger partial charge on any atom is -0.271 e. The first-order chi connectivity index (χ1) is 7.70. The van der Waals surface area contributed by atoms with E-state index >= 15 is 0 Å². The topological polar surface area (TPSA) is 38.0 Å². The molecule has 1 unspecified atom stereocenters. The Morgan fingerprint density at radius 3 is 2.94 bits per heavy atom. The molecule has 0 radical (unpaired) electrons. The van der Waals surface area contributed by atoms with Gasteiger partial charge in [0.25, 0.3) is 0 Å². The van der Waals surface area contributed by atoms with Gasteiger partial charge < -0.3 is 0 Å². The van der Waals surface area contributed by atoms with Crippen LogP contribution in [0.3, 0.4) is 0 Å². The fraction of sp³-hybridized carbons (Fsp3) is 0.333. The Kier molecular flexibility index (Phi) is 5.66. The highest BCUT2D eigenvalue weighted by Crippen LogP contribution is 2.28. The van der Waals surface area contributed by atoms with Gasteiger partial charge in [-0.3, -0.25) is 11.3 Å². The average Bonchev–Trinajstić information content (AvgIpc) is 2.29. The van der Waals surface area contributed by atoms with E-state index in [9.17, 15) is 4.39 Å². The first-order valence-corrected chi connectivity index (χ1v) is 6.01. The van der Waals surface area contributed by atoms with Gasteiger partial charge in [0, 0.05) is 6.04 Å². The zero-order chi connectivity index (χ0) is 12.0. The summed E-state index contributed by atoms with van der Waals surface area (Å²) in [5.74, 6) is 5.22. The zero-order valence-corrected chi connectivity index (χ0v) is 10.6. The SMILES string of the molecule is C=CCCCC(NN)c1cccc(F)c1Br. The molecule has 2 nitrogen and oxygen atoms in total. The number of halogens is 2. The third kappa shape index (κ3) is 3.40. The van der Waals surface area contributed by atoms with Crippen LogP contribution in [-0.4, -0.2) is 0 Å². The van der Waals surface area contributed by atoms with Crippen molar-refractivity contribution in [2.75, 3.05) is 0 Å². The lowest BCUT2D eigenvalue weighted by atomic mass is 10.0. The molecule has 16 heavy (non-hydrogen) atoms. The predicted molar refractivity (Wildman–Crippen MR) is 68.2 cm³/mol. The van der Waals surface area contributed by atoms with Gasteiger partial charge in [-0.25, -0.2) is 4.39 Å². The van der Waals surface area contributed by atoms with Gasteiger partial charge in [0.1, 0.15) is 5.82 Å². The lowest BCUT2D eigenvalue weighted by Gasteiger charge is -2.17. The fourth-order valence-corrected chi connectivity index (χ4v) is 2.13. The van der Waals surface area contributed by atoms with E-state index in [2.05, 4.69) is 27.9 Å². The second kappa shape index (κ2) is 6.78. The van der Waals surface area contributed by atoms with E-state index in [0.717, 1.165) is 24.8 Å². The van der Waals surface area contributed by atoms with Crippen LogP contribution in [-0.2, 0) is 0 Å². The highest BCUT2D eigenvalue weighted by molar-refractivity contribution is 9.10. The fourth-order valence-electron chi connectivity index (χ4n) is 1.58. The monoisotopic (exact) mass is 286 g/mol. The number of unbranched alkanes of at least 4 members (excludes halogenated alkanes) is 1. The summed E-state index contributed by atoms with van der Waals surface area (Å²) in [6, 6.07) is 4.94. The molecular weight excluding hydrogens is 271 g/mol. The molecule has 4 heteroatoms. The van der Waals surface area contributed by atoms with Crippen molar-refractivity contribution < 1.29 is 4.39 Å². The summed E-state index contributed by atoms with van der Waals surface area (Å²) in [6.07, 6.45) is 4.63. The molecule has 0 saturated heterocycles. The van der Waals surface area contributed by atoms with Crippen LogP contribution in [0.15, 0.2) is 35.3 Å². The molecule has 1 rings (SSSR count). The highest BCUT2D eigenvalue weighted by Gasteiger charge is 2.14. The van der Waals surface area contributed by atoms with Gasteiger partial charge in [0.15, 0.2) is 0 Å². The molecule has 0 aliphatic carbocycles. The van der Waals surface area contributed by atoms with Gasteiger partial charge >= 0.3 is 0 Å². The molecule has 0 aliphatic rings. The van der Waals surface area contributed by atoms with Gasteiger partial charge in [0.05, 0.1) is 4.47 Å². The number of allylic oxidation sites excluding steroid dienone is 1. The minimum absolute atomic E-state index is 0.0370. The Bertz CT molecular complexity index is 355. The van der Waals surface area contributed by atoms with E-state index in [1.165, 1.54) is 6.07 Å². The molecule has 0 heterocycles. The van der Waals surface area contributed by atoms with E-state index in [1.54, 1.807) is 6.07 Å². The van der Waals surface area contributed by atoms with Gasteiger partial charge in [0.2, 0.25) is 0 Å². The largest absolute Gasteiger partial charge is 0.271 e. The van der Waals surface area contributed by atoms with E-state index < -0.39 is 0 Å². The molecule has 0 amide bonds. The van der Waals surface area contributed by atoms with Gasteiger partial charge in [-0.15, -0.1) is 6.58 Å². The maximum Gasteiger partial charge on any atom is 0.137 e. The normalized spacial score (nSPS) is 12.4. The number of rotatable bonds is 6. The Hall–Kier alpha value is -0.710. The number of hydrazine groups is 1. The van der Waals surface area contributed by atoms with Crippen molar-refractivity contribution >= 4 is 15.9 Å². The summed E-state index contributed by atoms with van der Waals surface area (Å²) in [7, 11) is 0. The third-order valence-electron chi connectivity index (χ3n) is 2.46. The van der Waals surface area contributed by atoms with E-state index in [0.29, 0.717) is 4.47 Å². The van der Waals surface area contributed by atoms with Crippen LogP contribution < -0.4 is 11.3 Å². The van der Waals surface area contributed by atoms with E-state index in [1.807, 2.05) is 12.1 Å². The first-order valence-electron chi connectivity index (χ1n) is 5.21. The molecule has 0 fully saturated rings. The molecule has 0 aromatic heterocycles. The van der Waals surface area contributed by atoms with Crippen molar-refractivity contribution in [3.63, 3.8) is 0 Å². The Morgan fingerprint density at radius 1 is 1.56 bits per heavy atom. The Balaban J connectivity index is 2.78. The van der Waals surface area contributed by atoms with Crippen molar-refractivity contribution in [1.29, 1.82) is 0 Å². The van der Waals surface area contributed by atoms with Crippen molar-refractivity contribution in [3.8, 4) is 0 Å². The van der Waals surface area contributed by atoms with Crippen LogP contribution in [0.4, 0.5) is 4.39 Å². The maximum atomic E-state index is 13.3. The number of hydrogen-bond donors (Lipinski definition) is 2. The number of hydrogen-bond acceptors (Lipinski definition) is 2. The smallest absolute Gasteiger partial charge is 0.137 e. The van der Waals surface area contributed by atoms with Crippen molar-refractivity contribution in [2.24, 2.45) is 5.84 Å². The van der Waals surface area contributed by atoms with Crippen molar-refractivity contribution in [3.05, 3.63) is 46.7 Å². The molecule has 0 saturated carbocycles. The molecule has 1 aromatic carbocycles. The second-order valence-corrected chi connectivity index (χ2v) is 4.37. The molecule has 1 atom stereocenters. The Labute approximate surface area is 104 Å². The van der Waals surface area contributed by atoms with Crippen LogP contribution >= 0.6 is 15.9 Å². The summed E-state index contributed by atoms with van der Waals surface area (Å²) in [5.41, 5.74) is 3.57. The summed E-state index contributed by atoms with van der Waals surface area (Å²) in [6.45, 7) is 3.67. The van der Waals surface area contributed by atoms with Crippen molar-refractivity contribution in [1.82, 2.24) is 5.43 Å². The summed E-state index contributed by atoms with van der Waals surface area (Å²) in [5, 5.41) is 0. The highest BCUT2D eigenvalue weighted by atomic mass is 79.9. The predicted octanol–water partition coefficient (Wildman–Crippen LogP) is 3.45. The second-order valence-electron chi connectivity index (χ2n) is 3.58. The molecule has 0 spiro atoms. The number of benzene rings is 1. The molecule has 0 bridgehead atoms. The standard InChI is InChI=1S/C12H16BrFN2/c1-2-3-4-8-11(16-15)9-6-5-7-10(14)12(9)13/h2,5-7,11,16H,1,3-4,8,15H2. The molecule has 88 valence electrons. The summed E-state index contributed by atoms with van der Waals surface area (Å²) in [4.78, 5) is 0. The zero-order valence-electron chi connectivity index (χ0n) is 9.05. The molecule has 1 aromatic rings. The molecule has 0 aliphatic heterocycles. The van der Waals surface area contributed by atoms with Gasteiger partial charge in [-0.1, -0.05) is 18.2 Å². The van der Waals surface area contributed by atoms with Crippen LogP contribution in [0.1, 0.15) is 30.9 Å². The van der Waals surface area contributed by atoms with Gasteiger partial charge in [-0.05, 0) is 46.8 Å². The molecular formula is C12H16BrFN2. The van der Waals surface area contributed by atoms with E-state index in [4.69, 9.17) is 5.84 Å². The van der Waals surface area contributed by atoms with E-state index in [-0.39, 0.29) is 11.9 Å². The lowest BCUT2D eigenvalue weighted by Crippen LogP contribution is -2.28. The minimum atomic E-state index is -0.263. The number of nitrogens with two attached hydrogens (primary N) is 1. The number of nitrogens with one attached hydrogen (secondary N) is 1. The summed E-state index contributed by atoms with van der Waals surface area (Å²) < 4.78 is 13.8. The first kappa shape index (κ1) is 13.4. The quantitative estimate of drug-likeness (QED) is 0.364. The lowest BCUT2D eigenvalue weighted by molar-refractivity contribution is 0.494. The summed E-state index contributed by atoms with van der Waals surface area (Å²) >= 11 is 3.24. The van der Waals surface area contributed by atoms with Crippen LogP contribution in [0.25, 0.3) is 0 Å². The maximum absolute atomic E-state index is 13.3. The molecule has 3 N–H and O–H groups in total. The van der Waals surface area contributed by atoms with Gasteiger partial charge in [-0.2, -0.15) is 0 Å². The third-order valence-corrected chi connectivity index (χ3v) is 3.30. The van der Waals surface area contributed by atoms with Crippen LogP contribution in [0.5, 0.6) is 0 Å². The average molecular weight is 287 g/mol. The van der Waals surface area contributed by atoms with Crippen LogP contribution in [0.2, 0.25) is 0 Å².